The monoisotopic (exact) mass is 1160 g/mol. The molecule has 0 fully saturated rings. The van der Waals surface area contributed by atoms with Crippen molar-refractivity contribution in [2.24, 2.45) is 0 Å². The molecular formula is C52H29F6IrN6OS3. The van der Waals surface area contributed by atoms with Crippen LogP contribution in [-0.4, -0.2) is 30.6 Å². The van der Waals surface area contributed by atoms with Crippen LogP contribution in [0.15, 0.2) is 151 Å². The smallest absolute Gasteiger partial charge is 0.437 e. The van der Waals surface area contributed by atoms with Crippen LogP contribution in [0.2, 0.25) is 0 Å². The molecule has 0 amide bonds. The van der Waals surface area contributed by atoms with Gasteiger partial charge in [-0.15, -0.1) is 20.3 Å². The molecule has 0 radical (unpaired) electrons. The maximum absolute atomic E-state index is 13.3. The van der Waals surface area contributed by atoms with Gasteiger partial charge in [0.1, 0.15) is 5.75 Å². The van der Waals surface area contributed by atoms with E-state index in [1.54, 1.807) is 24.5 Å². The number of halogens is 6. The quantitative estimate of drug-likeness (QED) is 0.0768. The molecule has 0 bridgehead atoms. The molecule has 0 aliphatic rings. The fourth-order valence-corrected chi connectivity index (χ4v) is 8.53. The summed E-state index contributed by atoms with van der Waals surface area (Å²) in [5, 5.41) is 37.4. The summed E-state index contributed by atoms with van der Waals surface area (Å²) < 4.78 is 84.9. The third-order valence-electron chi connectivity index (χ3n) is 10.7. The summed E-state index contributed by atoms with van der Waals surface area (Å²) in [5.74, 6) is -0.575. The van der Waals surface area contributed by atoms with Crippen molar-refractivity contribution in [2.75, 3.05) is 0 Å². The van der Waals surface area contributed by atoms with Gasteiger partial charge in [-0.1, -0.05) is 107 Å². The van der Waals surface area contributed by atoms with Crippen molar-refractivity contribution in [3.63, 3.8) is 0 Å². The van der Waals surface area contributed by atoms with Crippen LogP contribution in [0, 0.1) is 19.2 Å². The zero-order chi connectivity index (χ0) is 47.7. The Labute approximate surface area is 417 Å². The van der Waals surface area contributed by atoms with Crippen LogP contribution < -0.4 is 4.74 Å². The molecule has 342 valence electrons. The van der Waals surface area contributed by atoms with Crippen molar-refractivity contribution < 1.29 is 51.2 Å². The molecule has 0 N–H and O–H groups in total. The molecule has 11 rings (SSSR count). The van der Waals surface area contributed by atoms with E-state index in [-0.39, 0.29) is 26.0 Å². The fraction of sp³-hybridized carbons (Fsp3) is 0.0385. The van der Waals surface area contributed by atoms with Gasteiger partial charge in [-0.25, -0.2) is 26.6 Å². The van der Waals surface area contributed by atoms with Gasteiger partial charge in [0.25, 0.3) is 0 Å². The van der Waals surface area contributed by atoms with Crippen LogP contribution in [0.4, 0.5) is 26.3 Å². The molecule has 7 nitrogen and oxygen atoms in total. The number of fused-ring (bicyclic) bond motifs is 6. The van der Waals surface area contributed by atoms with E-state index in [1.165, 1.54) is 22.1 Å². The van der Waals surface area contributed by atoms with Gasteiger partial charge in [-0.3, -0.25) is 13.2 Å². The number of hydrogen-bond acceptors (Lipinski definition) is 10. The number of nitrogens with zero attached hydrogens (tertiary/aromatic N) is 6. The third-order valence-corrected chi connectivity index (χ3v) is 11.9. The van der Waals surface area contributed by atoms with Gasteiger partial charge in [0.2, 0.25) is 5.88 Å². The molecule has 0 aliphatic carbocycles. The van der Waals surface area contributed by atoms with Crippen molar-refractivity contribution in [3.8, 4) is 22.2 Å². The Morgan fingerprint density at radius 1 is 0.522 bits per heavy atom. The molecule has 17 heteroatoms. The summed E-state index contributed by atoms with van der Waals surface area (Å²) in [6, 6.07) is 41.9. The zero-order valence-electron chi connectivity index (χ0n) is 35.1. The van der Waals surface area contributed by atoms with E-state index in [0.29, 0.717) is 54.7 Å². The van der Waals surface area contributed by atoms with Crippen molar-refractivity contribution in [2.45, 2.75) is 12.4 Å². The van der Waals surface area contributed by atoms with E-state index < -0.39 is 29.2 Å². The molecule has 0 aliphatic heterocycles. The first-order valence-electron chi connectivity index (χ1n) is 20.2. The number of benzene rings is 7. The molecule has 4 aromatic heterocycles. The molecule has 69 heavy (non-hydrogen) atoms. The molecule has 11 aromatic rings. The largest absolute Gasteiger partial charge is 3.00 e. The Morgan fingerprint density at radius 2 is 0.971 bits per heavy atom. The van der Waals surface area contributed by atoms with Crippen LogP contribution in [0.3, 0.4) is 0 Å². The minimum Gasteiger partial charge on any atom is -0.437 e. The van der Waals surface area contributed by atoms with Gasteiger partial charge in [-0.2, -0.15) is 73.9 Å². The number of aromatic nitrogens is 6. The Bertz CT molecular complexity index is 3610. The maximum atomic E-state index is 13.3. The van der Waals surface area contributed by atoms with Gasteiger partial charge in [0.15, 0.2) is 0 Å². The summed E-state index contributed by atoms with van der Waals surface area (Å²) in [4.78, 5) is 1.48. The van der Waals surface area contributed by atoms with Crippen molar-refractivity contribution in [3.05, 3.63) is 193 Å². The molecule has 7 aromatic carbocycles. The minimum atomic E-state index is -5.23. The van der Waals surface area contributed by atoms with Crippen LogP contribution in [0.1, 0.15) is 22.5 Å². The van der Waals surface area contributed by atoms with Gasteiger partial charge >= 0.3 is 32.5 Å². The Morgan fingerprint density at radius 3 is 1.41 bits per heavy atom. The number of thiol groups is 2. The van der Waals surface area contributed by atoms with E-state index >= 15 is 0 Å². The zero-order valence-corrected chi connectivity index (χ0v) is 40.1. The molecular weight excluding hydrogens is 1130 g/mol. The summed E-state index contributed by atoms with van der Waals surface area (Å²) in [6.45, 7) is 11.4. The van der Waals surface area contributed by atoms with Gasteiger partial charge in [0, 0.05) is 11.1 Å². The van der Waals surface area contributed by atoms with E-state index in [9.17, 15) is 26.3 Å². The van der Waals surface area contributed by atoms with E-state index in [4.69, 9.17) is 17.9 Å². The topological polar surface area (TPSA) is 86.6 Å². The SMILES string of the molecule is FC(F)(F)c1ccc(Oc2nnc(-c3[c-]ccs3)c3cc4ccccc4cc23)cc1C(F)(F)F.[CH-]=C(S)c1nncc2cc3ccccc3cc12.[CH-]=C(S)c1nncc2cc3ccccc3cc12.[Ir+3]. The van der Waals surface area contributed by atoms with Gasteiger partial charge in [-0.05, 0) is 96.3 Å². The number of hydrogen-bond donors (Lipinski definition) is 2. The average molecular weight is 1160 g/mol. The minimum absolute atomic E-state index is 0. The van der Waals surface area contributed by atoms with Gasteiger partial charge < -0.3 is 4.74 Å². The van der Waals surface area contributed by atoms with Crippen LogP contribution in [0.5, 0.6) is 11.6 Å². The molecule has 0 saturated carbocycles. The second kappa shape index (κ2) is 20.1. The van der Waals surface area contributed by atoms with Crippen molar-refractivity contribution in [1.82, 2.24) is 30.6 Å². The Hall–Kier alpha value is -6.75. The number of thiophene rings is 1. The number of ether oxygens (including phenoxy) is 1. The van der Waals surface area contributed by atoms with Crippen molar-refractivity contribution >= 4 is 111 Å². The number of alkyl halides is 6. The third kappa shape index (κ3) is 10.5. The maximum Gasteiger partial charge on any atom is 3.00 e. The first kappa shape index (κ1) is 48.7. The van der Waals surface area contributed by atoms with Crippen molar-refractivity contribution in [1.29, 1.82) is 0 Å². The first-order valence-corrected chi connectivity index (χ1v) is 21.9. The Kier molecular flexibility index (Phi) is 14.2. The van der Waals surface area contributed by atoms with E-state index in [1.807, 2.05) is 60.0 Å². The molecule has 0 unspecified atom stereocenters. The number of rotatable bonds is 5. The average Bonchev–Trinajstić information content (AvgIpc) is 3.87. The van der Waals surface area contributed by atoms with E-state index in [0.717, 1.165) is 49.2 Å². The summed E-state index contributed by atoms with van der Waals surface area (Å²) >= 11 is 9.68. The van der Waals surface area contributed by atoms with Crippen LogP contribution in [-0.2, 0) is 32.5 Å². The molecule has 0 atom stereocenters. The van der Waals surface area contributed by atoms with Crippen LogP contribution >= 0.6 is 36.6 Å². The van der Waals surface area contributed by atoms with Gasteiger partial charge in [0.05, 0.1) is 23.5 Å². The summed E-state index contributed by atoms with van der Waals surface area (Å²) in [6.07, 6.45) is -6.93. The Balaban J connectivity index is 0.000000153. The second-order valence-electron chi connectivity index (χ2n) is 15.0. The standard InChI is InChI=1S/C24H11F6N2OS.2C14H9N2S.Ir/c25-23(26,27)18-8-7-15(12-19(18)24(28,29)30)33-22-17-11-14-5-2-1-4-13(14)10-16(17)21(31-32-22)20-6-3-9-34-20;2*1-9(17)14-13-7-11-5-3-2-4-10(11)6-12(13)8-15-16-14;/h1-5,7-12H;2*1-8,17H;/q3*-1;+3. The molecule has 4 heterocycles. The first-order chi connectivity index (χ1) is 32.6. The summed E-state index contributed by atoms with van der Waals surface area (Å²) in [5.41, 5.74) is -1.86. The molecule has 0 spiro atoms. The second-order valence-corrected chi connectivity index (χ2v) is 16.9. The fourth-order valence-electron chi connectivity index (χ4n) is 7.53. The van der Waals surface area contributed by atoms with E-state index in [2.05, 4.69) is 110 Å². The summed E-state index contributed by atoms with van der Waals surface area (Å²) in [7, 11) is 0. The predicted molar refractivity (Wildman–Crippen MR) is 263 cm³/mol. The predicted octanol–water partition coefficient (Wildman–Crippen LogP) is 15.1. The van der Waals surface area contributed by atoms with Crippen LogP contribution in [0.25, 0.3) is 85.0 Å². The molecule has 0 saturated heterocycles. The normalized spacial score (nSPS) is 11.5.